The molecule has 0 saturated carbocycles. The summed E-state index contributed by atoms with van der Waals surface area (Å²) in [6.07, 6.45) is 1.92. The predicted octanol–water partition coefficient (Wildman–Crippen LogP) is 13.4. The number of amidine groups is 1. The molecule has 8 aromatic carbocycles. The summed E-state index contributed by atoms with van der Waals surface area (Å²) in [7, 11) is 0. The van der Waals surface area contributed by atoms with Crippen LogP contribution in [0.5, 0.6) is 0 Å². The van der Waals surface area contributed by atoms with Crippen LogP contribution in [0, 0.1) is 0 Å². The van der Waals surface area contributed by atoms with Gasteiger partial charge in [0.1, 0.15) is 0 Å². The van der Waals surface area contributed by atoms with Gasteiger partial charge in [-0.15, -0.1) is 17.9 Å². The van der Waals surface area contributed by atoms with Crippen molar-refractivity contribution in [1.29, 1.82) is 0 Å². The van der Waals surface area contributed by atoms with Gasteiger partial charge in [-0.25, -0.2) is 4.99 Å². The van der Waals surface area contributed by atoms with Gasteiger partial charge >= 0.3 is 0 Å². The Morgan fingerprint density at radius 2 is 1.12 bits per heavy atom. The third kappa shape index (κ3) is 5.62. The number of rotatable bonds is 6. The lowest BCUT2D eigenvalue weighted by atomic mass is 9.91. The molecule has 0 radical (unpaired) electrons. The van der Waals surface area contributed by atoms with Crippen LogP contribution < -0.4 is 0 Å². The molecule has 0 aliphatic heterocycles. The number of thiophene rings is 1. The number of nitrogens with zero attached hydrogens (tertiary/aromatic N) is 2. The minimum Gasteiger partial charge on any atom is -0.254 e. The van der Waals surface area contributed by atoms with Gasteiger partial charge in [-0.1, -0.05) is 133 Å². The molecule has 0 saturated heterocycles. The van der Waals surface area contributed by atoms with Gasteiger partial charge in [0, 0.05) is 31.4 Å². The van der Waals surface area contributed by atoms with Crippen molar-refractivity contribution >= 4 is 75.4 Å². The number of hydrogen-bond acceptors (Lipinski definition) is 2. The van der Waals surface area contributed by atoms with Crippen molar-refractivity contribution in [2.75, 3.05) is 0 Å². The molecule has 0 amide bonds. The summed E-state index contributed by atoms with van der Waals surface area (Å²) in [5.41, 5.74) is 6.35. The summed E-state index contributed by atoms with van der Waals surface area (Å²) < 4.78 is 2.54. The molecule has 0 N–H and O–H groups in total. The van der Waals surface area contributed by atoms with Crippen molar-refractivity contribution in [3.05, 3.63) is 193 Å². The van der Waals surface area contributed by atoms with Crippen molar-refractivity contribution < 1.29 is 0 Å². The zero-order valence-electron chi connectivity index (χ0n) is 28.3. The lowest BCUT2D eigenvalue weighted by Gasteiger charge is -2.14. The average molecular weight is 671 g/mol. The first-order valence-corrected chi connectivity index (χ1v) is 18.1. The van der Waals surface area contributed by atoms with Crippen LogP contribution in [0.25, 0.3) is 63.6 Å². The lowest BCUT2D eigenvalue weighted by Crippen LogP contribution is -2.06. The molecule has 0 spiro atoms. The van der Waals surface area contributed by atoms with Crippen molar-refractivity contribution in [3.8, 4) is 11.1 Å². The van der Waals surface area contributed by atoms with Gasteiger partial charge in [0.05, 0.1) is 6.04 Å². The highest BCUT2D eigenvalue weighted by atomic mass is 32.1. The highest BCUT2D eigenvalue weighted by Gasteiger charge is 2.15. The molecular weight excluding hydrogens is 637 g/mol. The monoisotopic (exact) mass is 670 g/mol. The van der Waals surface area contributed by atoms with Crippen LogP contribution in [0.4, 0.5) is 0 Å². The van der Waals surface area contributed by atoms with Crippen molar-refractivity contribution in [2.45, 2.75) is 13.0 Å². The van der Waals surface area contributed by atoms with Gasteiger partial charge < -0.3 is 0 Å². The number of benzene rings is 8. The SMILES string of the molecule is C=CC(N=C(N=C(C)c1ccccc1)c1ccc2sc3ccccc3c2c1)c1cccc(-c2ccc3c4ccccc4c4ccccc4c3c2)c1. The first-order chi connectivity index (χ1) is 25.1. The van der Waals surface area contributed by atoms with Gasteiger partial charge in [0.2, 0.25) is 0 Å². The van der Waals surface area contributed by atoms with E-state index in [0.29, 0.717) is 5.84 Å². The van der Waals surface area contributed by atoms with Crippen molar-refractivity contribution in [1.82, 2.24) is 0 Å². The number of fused-ring (bicyclic) bond motifs is 9. The van der Waals surface area contributed by atoms with E-state index in [1.54, 1.807) is 0 Å². The van der Waals surface area contributed by atoms with E-state index in [2.05, 4.69) is 159 Å². The van der Waals surface area contributed by atoms with E-state index in [4.69, 9.17) is 9.98 Å². The second-order valence-electron chi connectivity index (χ2n) is 13.0. The van der Waals surface area contributed by atoms with E-state index in [0.717, 1.165) is 28.0 Å². The lowest BCUT2D eigenvalue weighted by molar-refractivity contribution is 0.913. The Hall–Kier alpha value is -6.16. The minimum absolute atomic E-state index is 0.299. The van der Waals surface area contributed by atoms with Gasteiger partial charge in [0.15, 0.2) is 5.84 Å². The zero-order chi connectivity index (χ0) is 34.3. The molecule has 3 heteroatoms. The smallest absolute Gasteiger partial charge is 0.155 e. The molecule has 0 bridgehead atoms. The average Bonchev–Trinajstić information content (AvgIpc) is 3.58. The van der Waals surface area contributed by atoms with Gasteiger partial charge in [-0.2, -0.15) is 0 Å². The largest absolute Gasteiger partial charge is 0.254 e. The Bertz CT molecular complexity index is 2810. The molecule has 2 nitrogen and oxygen atoms in total. The van der Waals surface area contributed by atoms with Crippen molar-refractivity contribution in [2.24, 2.45) is 9.98 Å². The van der Waals surface area contributed by atoms with Crippen LogP contribution in [-0.2, 0) is 0 Å². The molecule has 9 rings (SSSR count). The fourth-order valence-corrected chi connectivity index (χ4v) is 8.41. The van der Waals surface area contributed by atoms with Crippen LogP contribution in [0.3, 0.4) is 0 Å². The Morgan fingerprint density at radius 1 is 0.510 bits per heavy atom. The molecule has 0 aliphatic rings. The van der Waals surface area contributed by atoms with Crippen LogP contribution in [0.2, 0.25) is 0 Å². The molecule has 51 heavy (non-hydrogen) atoms. The summed E-state index contributed by atoms with van der Waals surface area (Å²) >= 11 is 1.82. The molecule has 9 aromatic rings. The fraction of sp³-hybridized carbons (Fsp3) is 0.0417. The normalized spacial score (nSPS) is 13.0. The van der Waals surface area contributed by atoms with Gasteiger partial charge in [0.25, 0.3) is 0 Å². The minimum atomic E-state index is -0.299. The van der Waals surface area contributed by atoms with E-state index in [1.807, 2.05) is 35.6 Å². The molecule has 1 aromatic heterocycles. The Kier molecular flexibility index (Phi) is 7.83. The Morgan fingerprint density at radius 3 is 1.84 bits per heavy atom. The molecule has 1 atom stereocenters. The third-order valence-electron chi connectivity index (χ3n) is 9.89. The maximum absolute atomic E-state index is 5.35. The van der Waals surface area contributed by atoms with Crippen LogP contribution in [-0.4, -0.2) is 11.5 Å². The maximum atomic E-state index is 5.35. The topological polar surface area (TPSA) is 24.7 Å². The summed E-state index contributed by atoms with van der Waals surface area (Å²) in [5, 5.41) is 10.1. The summed E-state index contributed by atoms with van der Waals surface area (Å²) in [6.45, 7) is 6.31. The molecule has 0 fully saturated rings. The van der Waals surface area contributed by atoms with Crippen LogP contribution in [0.1, 0.15) is 29.7 Å². The quantitative estimate of drug-likeness (QED) is 0.0728. The fourth-order valence-electron chi connectivity index (χ4n) is 7.32. The van der Waals surface area contributed by atoms with E-state index in [1.165, 1.54) is 58.1 Å². The standard InChI is InChI=1S/C48H34N2S/c1-3-45(50-48(49-31(2)32-14-5-4-6-15-32)36-25-27-47-44(30-36)42-22-11-12-23-46(42)51-47)35-17-13-16-33(28-35)34-24-26-41-39-20-8-7-18-37(39)38-19-9-10-21-40(38)43(41)29-34/h3-30,45H,1H2,2H3. The van der Waals surface area contributed by atoms with E-state index in [-0.39, 0.29) is 6.04 Å². The highest BCUT2D eigenvalue weighted by Crippen LogP contribution is 2.38. The first-order valence-electron chi connectivity index (χ1n) is 17.3. The highest BCUT2D eigenvalue weighted by molar-refractivity contribution is 7.25. The zero-order valence-corrected chi connectivity index (χ0v) is 29.1. The Balaban J connectivity index is 1.16. The Labute approximate surface area is 301 Å². The summed E-state index contributed by atoms with van der Waals surface area (Å²) in [5.74, 6) is 0.688. The maximum Gasteiger partial charge on any atom is 0.155 e. The van der Waals surface area contributed by atoms with E-state index in [9.17, 15) is 0 Å². The summed E-state index contributed by atoms with van der Waals surface area (Å²) in [4.78, 5) is 10.5. The first kappa shape index (κ1) is 30.9. The summed E-state index contributed by atoms with van der Waals surface area (Å²) in [6, 6.07) is 58.2. The second kappa shape index (κ2) is 12.9. The van der Waals surface area contributed by atoms with Crippen LogP contribution in [0.15, 0.2) is 186 Å². The van der Waals surface area contributed by atoms with E-state index < -0.39 is 0 Å². The molecule has 0 aliphatic carbocycles. The van der Waals surface area contributed by atoms with Crippen molar-refractivity contribution in [3.63, 3.8) is 0 Å². The predicted molar refractivity (Wildman–Crippen MR) is 222 cm³/mol. The third-order valence-corrected chi connectivity index (χ3v) is 11.0. The van der Waals surface area contributed by atoms with Crippen LogP contribution >= 0.6 is 11.3 Å². The molecule has 1 unspecified atom stereocenters. The van der Waals surface area contributed by atoms with Gasteiger partial charge in [-0.05, 0) is 97.9 Å². The number of hydrogen-bond donors (Lipinski definition) is 0. The second-order valence-corrected chi connectivity index (χ2v) is 14.1. The molecule has 242 valence electrons. The number of aliphatic imine (C=N–C) groups is 2. The van der Waals surface area contributed by atoms with Gasteiger partial charge in [-0.3, -0.25) is 4.99 Å². The molecular formula is C48H34N2S. The molecule has 1 heterocycles. The van der Waals surface area contributed by atoms with E-state index >= 15 is 0 Å².